The summed E-state index contributed by atoms with van der Waals surface area (Å²) in [4.78, 5) is 0. The summed E-state index contributed by atoms with van der Waals surface area (Å²) < 4.78 is 6.33. The van der Waals surface area contributed by atoms with E-state index >= 15 is 0 Å². The van der Waals surface area contributed by atoms with Gasteiger partial charge in [-0.05, 0) is 49.9 Å². The molecule has 0 fully saturated rings. The van der Waals surface area contributed by atoms with Gasteiger partial charge >= 0.3 is 0 Å². The van der Waals surface area contributed by atoms with Gasteiger partial charge in [0.15, 0.2) is 0 Å². The minimum atomic E-state index is 0.360. The van der Waals surface area contributed by atoms with Gasteiger partial charge < -0.3 is 10.5 Å². The molecule has 0 aliphatic heterocycles. The molecule has 29 heavy (non-hydrogen) atoms. The Bertz CT molecular complexity index is 436. The molecule has 1 rings (SSSR count). The summed E-state index contributed by atoms with van der Waals surface area (Å²) in [5.74, 6) is 0.975. The molecule has 0 aliphatic rings. The lowest BCUT2D eigenvalue weighted by Crippen LogP contribution is -2.16. The zero-order valence-electron chi connectivity index (χ0n) is 19.6. The van der Waals surface area contributed by atoms with Gasteiger partial charge in [0, 0.05) is 5.69 Å². The third kappa shape index (κ3) is 15.3. The SMILES string of the molecule is CCCCCCCCCCC(CCCCCCCCCC)Oc1ccc(N)cc1. The fourth-order valence-corrected chi connectivity index (χ4v) is 4.01. The van der Waals surface area contributed by atoms with Gasteiger partial charge in [-0.15, -0.1) is 0 Å². The zero-order valence-corrected chi connectivity index (χ0v) is 19.6. The van der Waals surface area contributed by atoms with E-state index in [1.807, 2.05) is 24.3 Å². The predicted molar refractivity (Wildman–Crippen MR) is 130 cm³/mol. The van der Waals surface area contributed by atoms with E-state index in [1.54, 1.807) is 0 Å². The van der Waals surface area contributed by atoms with Gasteiger partial charge in [-0.3, -0.25) is 0 Å². The molecular formula is C27H49NO. The van der Waals surface area contributed by atoms with Crippen molar-refractivity contribution in [2.45, 2.75) is 136 Å². The molecule has 2 N–H and O–H groups in total. The number of anilines is 1. The molecule has 168 valence electrons. The first-order valence-corrected chi connectivity index (χ1v) is 12.8. The third-order valence-corrected chi connectivity index (χ3v) is 5.94. The summed E-state index contributed by atoms with van der Waals surface area (Å²) in [5, 5.41) is 0. The van der Waals surface area contributed by atoms with Crippen LogP contribution in [0.5, 0.6) is 5.75 Å². The van der Waals surface area contributed by atoms with E-state index in [2.05, 4.69) is 13.8 Å². The Morgan fingerprint density at radius 3 is 1.38 bits per heavy atom. The molecular weight excluding hydrogens is 354 g/mol. The lowest BCUT2D eigenvalue weighted by atomic mass is 10.0. The number of unbranched alkanes of at least 4 members (excludes halogenated alkanes) is 14. The number of nitrogens with two attached hydrogens (primary N) is 1. The van der Waals surface area contributed by atoms with Gasteiger partial charge in [-0.2, -0.15) is 0 Å². The Hall–Kier alpha value is -1.18. The molecule has 0 heterocycles. The maximum Gasteiger partial charge on any atom is 0.119 e. The second-order valence-corrected chi connectivity index (χ2v) is 8.84. The highest BCUT2D eigenvalue weighted by Crippen LogP contribution is 2.21. The highest BCUT2D eigenvalue weighted by Gasteiger charge is 2.10. The maximum atomic E-state index is 6.33. The van der Waals surface area contributed by atoms with Crippen LogP contribution in [0.2, 0.25) is 0 Å². The molecule has 0 radical (unpaired) electrons. The number of ether oxygens (including phenoxy) is 1. The average molecular weight is 404 g/mol. The molecule has 2 nitrogen and oxygen atoms in total. The van der Waals surface area contributed by atoms with E-state index in [0.29, 0.717) is 6.10 Å². The van der Waals surface area contributed by atoms with Crippen molar-refractivity contribution in [1.82, 2.24) is 0 Å². The molecule has 0 spiro atoms. The van der Waals surface area contributed by atoms with E-state index in [4.69, 9.17) is 10.5 Å². The topological polar surface area (TPSA) is 35.2 Å². The van der Waals surface area contributed by atoms with E-state index in [-0.39, 0.29) is 0 Å². The van der Waals surface area contributed by atoms with Crippen molar-refractivity contribution in [1.29, 1.82) is 0 Å². The summed E-state index contributed by atoms with van der Waals surface area (Å²) in [7, 11) is 0. The molecule has 2 heteroatoms. The van der Waals surface area contributed by atoms with Crippen molar-refractivity contribution < 1.29 is 4.74 Å². The van der Waals surface area contributed by atoms with Crippen molar-refractivity contribution in [3.05, 3.63) is 24.3 Å². The summed E-state index contributed by atoms with van der Waals surface area (Å²) in [5.41, 5.74) is 6.62. The summed E-state index contributed by atoms with van der Waals surface area (Å²) in [6.45, 7) is 4.57. The smallest absolute Gasteiger partial charge is 0.119 e. The third-order valence-electron chi connectivity index (χ3n) is 5.94. The number of benzene rings is 1. The molecule has 0 unspecified atom stereocenters. The molecule has 0 aliphatic carbocycles. The molecule has 1 aromatic rings. The van der Waals surface area contributed by atoms with E-state index in [0.717, 1.165) is 11.4 Å². The van der Waals surface area contributed by atoms with Gasteiger partial charge in [-0.25, -0.2) is 0 Å². The predicted octanol–water partition coefficient (Wildman–Crippen LogP) is 9.08. The van der Waals surface area contributed by atoms with Gasteiger partial charge in [0.1, 0.15) is 5.75 Å². The lowest BCUT2D eigenvalue weighted by Gasteiger charge is -2.19. The zero-order chi connectivity index (χ0) is 21.0. The van der Waals surface area contributed by atoms with Crippen molar-refractivity contribution >= 4 is 5.69 Å². The van der Waals surface area contributed by atoms with Crippen molar-refractivity contribution in [3.63, 3.8) is 0 Å². The normalized spacial score (nSPS) is 11.3. The molecule has 0 aromatic heterocycles. The quantitative estimate of drug-likeness (QED) is 0.174. The summed E-state index contributed by atoms with van der Waals surface area (Å²) in [6, 6.07) is 7.92. The second kappa shape index (κ2) is 18.8. The Balaban J connectivity index is 2.23. The van der Waals surface area contributed by atoms with Crippen LogP contribution in [0.1, 0.15) is 129 Å². The van der Waals surface area contributed by atoms with Gasteiger partial charge in [0.2, 0.25) is 0 Å². The van der Waals surface area contributed by atoms with E-state index < -0.39 is 0 Å². The first kappa shape index (κ1) is 25.9. The molecule has 1 aromatic carbocycles. The Morgan fingerprint density at radius 1 is 0.586 bits per heavy atom. The van der Waals surface area contributed by atoms with Crippen molar-refractivity contribution in [2.75, 3.05) is 5.73 Å². The largest absolute Gasteiger partial charge is 0.490 e. The van der Waals surface area contributed by atoms with Crippen LogP contribution in [0.25, 0.3) is 0 Å². The number of hydrogen-bond acceptors (Lipinski definition) is 2. The van der Waals surface area contributed by atoms with Crippen LogP contribution in [0.3, 0.4) is 0 Å². The first-order valence-electron chi connectivity index (χ1n) is 12.8. The number of hydrogen-bond donors (Lipinski definition) is 1. The Morgan fingerprint density at radius 2 is 0.966 bits per heavy atom. The van der Waals surface area contributed by atoms with Crippen LogP contribution in [-0.2, 0) is 0 Å². The highest BCUT2D eigenvalue weighted by atomic mass is 16.5. The standard InChI is InChI=1S/C27H49NO/c1-3-5-7-9-11-13-15-17-19-26(29-27-23-21-25(28)22-24-27)20-18-16-14-12-10-8-6-4-2/h21-24,26H,3-20,28H2,1-2H3. The number of rotatable bonds is 20. The van der Waals surface area contributed by atoms with Crippen molar-refractivity contribution in [2.24, 2.45) is 0 Å². The lowest BCUT2D eigenvalue weighted by molar-refractivity contribution is 0.172. The van der Waals surface area contributed by atoms with Crippen LogP contribution in [0.15, 0.2) is 24.3 Å². The van der Waals surface area contributed by atoms with Crippen LogP contribution in [-0.4, -0.2) is 6.10 Å². The van der Waals surface area contributed by atoms with Gasteiger partial charge in [0.05, 0.1) is 6.10 Å². The second-order valence-electron chi connectivity index (χ2n) is 8.84. The average Bonchev–Trinajstić information content (AvgIpc) is 2.73. The van der Waals surface area contributed by atoms with Crippen LogP contribution < -0.4 is 10.5 Å². The molecule has 0 bridgehead atoms. The minimum Gasteiger partial charge on any atom is -0.490 e. The molecule has 0 saturated carbocycles. The fourth-order valence-electron chi connectivity index (χ4n) is 4.01. The van der Waals surface area contributed by atoms with E-state index in [1.165, 1.54) is 116 Å². The van der Waals surface area contributed by atoms with E-state index in [9.17, 15) is 0 Å². The van der Waals surface area contributed by atoms with Crippen LogP contribution in [0, 0.1) is 0 Å². The van der Waals surface area contributed by atoms with Crippen LogP contribution in [0.4, 0.5) is 5.69 Å². The van der Waals surface area contributed by atoms with Gasteiger partial charge in [-0.1, -0.05) is 104 Å². The molecule has 0 atom stereocenters. The Labute approximate surface area is 182 Å². The fraction of sp³-hybridized carbons (Fsp3) is 0.778. The Kier molecular flexibility index (Phi) is 16.8. The summed E-state index contributed by atoms with van der Waals surface area (Å²) >= 11 is 0. The van der Waals surface area contributed by atoms with Crippen molar-refractivity contribution in [3.8, 4) is 5.75 Å². The van der Waals surface area contributed by atoms with Gasteiger partial charge in [0.25, 0.3) is 0 Å². The monoisotopic (exact) mass is 403 g/mol. The number of nitrogen functional groups attached to an aromatic ring is 1. The minimum absolute atomic E-state index is 0.360. The molecule has 0 amide bonds. The molecule has 0 saturated heterocycles. The highest BCUT2D eigenvalue weighted by molar-refractivity contribution is 5.41. The maximum absolute atomic E-state index is 6.33. The summed E-state index contributed by atoms with van der Waals surface area (Å²) in [6.07, 6.45) is 24.7. The van der Waals surface area contributed by atoms with Crippen LogP contribution >= 0.6 is 0 Å². The first-order chi connectivity index (χ1) is 14.3.